The number of hydrogen-bond acceptors (Lipinski definition) is 4. The molecule has 2 amide bonds. The molecule has 0 radical (unpaired) electrons. The molecule has 0 aliphatic heterocycles. The monoisotopic (exact) mass is 399 g/mol. The van der Waals surface area contributed by atoms with E-state index in [1.165, 1.54) is 10.7 Å². The van der Waals surface area contributed by atoms with Crippen molar-refractivity contribution in [3.05, 3.63) is 70.5 Å². The number of aromatic nitrogens is 3. The second-order valence-electron chi connectivity index (χ2n) is 6.58. The molecule has 0 fully saturated rings. The van der Waals surface area contributed by atoms with Crippen molar-refractivity contribution in [2.24, 2.45) is 0 Å². The van der Waals surface area contributed by atoms with E-state index in [1.807, 2.05) is 32.0 Å². The number of nitrogens with one attached hydrogen (secondary N) is 2. The van der Waals surface area contributed by atoms with E-state index in [4.69, 9.17) is 0 Å². The van der Waals surface area contributed by atoms with Crippen molar-refractivity contribution in [2.75, 3.05) is 10.6 Å². The molecule has 2 N–H and O–H groups in total. The Morgan fingerprint density at radius 3 is 2.34 bits per heavy atom. The fraction of sp³-hybridized carbons (Fsp3) is 0.200. The van der Waals surface area contributed by atoms with E-state index in [-0.39, 0.29) is 23.8 Å². The number of halogens is 2. The second-order valence-corrected chi connectivity index (χ2v) is 6.58. The Bertz CT molecular complexity index is 1070. The topological polar surface area (TPSA) is 88.9 Å². The van der Waals surface area contributed by atoms with Gasteiger partial charge in [0.2, 0.25) is 5.91 Å². The molecule has 2 aromatic carbocycles. The maximum absolute atomic E-state index is 13.3. The van der Waals surface area contributed by atoms with Crippen LogP contribution >= 0.6 is 0 Å². The fourth-order valence-corrected chi connectivity index (χ4v) is 2.81. The van der Waals surface area contributed by atoms with Crippen LogP contribution in [-0.2, 0) is 11.3 Å². The summed E-state index contributed by atoms with van der Waals surface area (Å²) in [6.07, 6.45) is 0. The summed E-state index contributed by atoms with van der Waals surface area (Å²) in [5, 5.41) is 12.9. The number of aryl methyl sites for hydroxylation is 2. The zero-order valence-corrected chi connectivity index (χ0v) is 16.1. The van der Waals surface area contributed by atoms with Crippen LogP contribution in [0.25, 0.3) is 0 Å². The summed E-state index contributed by atoms with van der Waals surface area (Å²) in [5.41, 5.74) is 3.01. The lowest BCUT2D eigenvalue weighted by Crippen LogP contribution is -2.21. The van der Waals surface area contributed by atoms with Crippen LogP contribution in [-0.4, -0.2) is 26.8 Å². The molecule has 29 heavy (non-hydrogen) atoms. The predicted molar refractivity (Wildman–Crippen MR) is 104 cm³/mol. The molecule has 0 aliphatic rings. The molecule has 0 atom stereocenters. The lowest BCUT2D eigenvalue weighted by molar-refractivity contribution is -0.117. The molecule has 150 valence electrons. The van der Waals surface area contributed by atoms with Gasteiger partial charge in [0.1, 0.15) is 6.54 Å². The normalized spacial score (nSPS) is 10.7. The van der Waals surface area contributed by atoms with Gasteiger partial charge in [-0.1, -0.05) is 23.4 Å². The SMILES string of the molecule is Cc1cccc(C)c1NC(=O)Cn1nnc(C(=O)Nc2ccc(F)c(F)c2)c1C. The molecule has 0 unspecified atom stereocenters. The lowest BCUT2D eigenvalue weighted by Gasteiger charge is -2.11. The summed E-state index contributed by atoms with van der Waals surface area (Å²) in [5.74, 6) is -3.05. The van der Waals surface area contributed by atoms with Gasteiger partial charge in [-0.25, -0.2) is 13.5 Å². The highest BCUT2D eigenvalue weighted by atomic mass is 19.2. The van der Waals surface area contributed by atoms with E-state index < -0.39 is 17.5 Å². The van der Waals surface area contributed by atoms with Crippen LogP contribution in [0.5, 0.6) is 0 Å². The first-order chi connectivity index (χ1) is 13.8. The van der Waals surface area contributed by atoms with Crippen molar-refractivity contribution in [3.63, 3.8) is 0 Å². The third-order valence-electron chi connectivity index (χ3n) is 4.41. The van der Waals surface area contributed by atoms with Crippen LogP contribution in [0.15, 0.2) is 36.4 Å². The number of rotatable bonds is 5. The van der Waals surface area contributed by atoms with Crippen molar-refractivity contribution in [1.29, 1.82) is 0 Å². The molecule has 9 heteroatoms. The molecule has 3 aromatic rings. The Labute approximate surface area is 165 Å². The maximum Gasteiger partial charge on any atom is 0.278 e. The van der Waals surface area contributed by atoms with Crippen LogP contribution in [0.4, 0.5) is 20.2 Å². The first-order valence-corrected chi connectivity index (χ1v) is 8.79. The highest BCUT2D eigenvalue weighted by Crippen LogP contribution is 2.19. The maximum atomic E-state index is 13.3. The Kier molecular flexibility index (Phi) is 5.67. The summed E-state index contributed by atoms with van der Waals surface area (Å²) in [6, 6.07) is 8.69. The molecule has 7 nitrogen and oxygen atoms in total. The Morgan fingerprint density at radius 1 is 1.00 bits per heavy atom. The smallest absolute Gasteiger partial charge is 0.278 e. The highest BCUT2D eigenvalue weighted by molar-refractivity contribution is 6.03. The van der Waals surface area contributed by atoms with Gasteiger partial charge in [-0.15, -0.1) is 5.10 Å². The summed E-state index contributed by atoms with van der Waals surface area (Å²) in [4.78, 5) is 24.8. The molecular weight excluding hydrogens is 380 g/mol. The minimum absolute atomic E-state index is 0.0189. The van der Waals surface area contributed by atoms with Crippen molar-refractivity contribution in [1.82, 2.24) is 15.0 Å². The fourth-order valence-electron chi connectivity index (χ4n) is 2.81. The number of para-hydroxylation sites is 1. The number of amides is 2. The standard InChI is InChI=1S/C20H19F2N5O2/c1-11-5-4-6-12(2)18(11)24-17(28)10-27-13(3)19(25-26-27)20(29)23-14-7-8-15(21)16(22)9-14/h4-9H,10H2,1-3H3,(H,23,29)(H,24,28). The number of carbonyl (C=O) groups excluding carboxylic acids is 2. The van der Waals surface area contributed by atoms with Crippen molar-refractivity contribution in [3.8, 4) is 0 Å². The largest absolute Gasteiger partial charge is 0.324 e. The first-order valence-electron chi connectivity index (χ1n) is 8.79. The van der Waals surface area contributed by atoms with Crippen molar-refractivity contribution < 1.29 is 18.4 Å². The Balaban J connectivity index is 1.70. The summed E-state index contributed by atoms with van der Waals surface area (Å²) in [7, 11) is 0. The van der Waals surface area contributed by atoms with Crippen LogP contribution < -0.4 is 10.6 Å². The summed E-state index contributed by atoms with van der Waals surface area (Å²) in [6.45, 7) is 5.24. The van der Waals surface area contributed by atoms with Gasteiger partial charge in [0.05, 0.1) is 5.69 Å². The van der Waals surface area contributed by atoms with Gasteiger partial charge in [0.15, 0.2) is 17.3 Å². The average Bonchev–Trinajstić information content (AvgIpc) is 3.02. The second kappa shape index (κ2) is 8.17. The molecular formula is C20H19F2N5O2. The van der Waals surface area contributed by atoms with Crippen LogP contribution in [0.3, 0.4) is 0 Å². The van der Waals surface area contributed by atoms with Crippen LogP contribution in [0, 0.1) is 32.4 Å². The lowest BCUT2D eigenvalue weighted by atomic mass is 10.1. The highest BCUT2D eigenvalue weighted by Gasteiger charge is 2.19. The predicted octanol–water partition coefficient (Wildman–Crippen LogP) is 3.37. The van der Waals surface area contributed by atoms with Gasteiger partial charge in [-0.3, -0.25) is 9.59 Å². The Hall–Kier alpha value is -3.62. The average molecular weight is 399 g/mol. The van der Waals surface area contributed by atoms with Gasteiger partial charge in [0.25, 0.3) is 5.91 Å². The number of benzene rings is 2. The quantitative estimate of drug-likeness (QED) is 0.688. The molecule has 3 rings (SSSR count). The molecule has 0 spiro atoms. The molecule has 0 aliphatic carbocycles. The summed E-state index contributed by atoms with van der Waals surface area (Å²) < 4.78 is 27.6. The Morgan fingerprint density at radius 2 is 1.69 bits per heavy atom. The number of carbonyl (C=O) groups is 2. The summed E-state index contributed by atoms with van der Waals surface area (Å²) >= 11 is 0. The molecule has 1 heterocycles. The van der Waals surface area contributed by atoms with Gasteiger partial charge < -0.3 is 10.6 Å². The van der Waals surface area contributed by atoms with Crippen LogP contribution in [0.1, 0.15) is 27.3 Å². The number of hydrogen-bond donors (Lipinski definition) is 2. The minimum Gasteiger partial charge on any atom is -0.324 e. The minimum atomic E-state index is -1.08. The number of nitrogens with zero attached hydrogens (tertiary/aromatic N) is 3. The zero-order valence-electron chi connectivity index (χ0n) is 16.1. The van der Waals surface area contributed by atoms with Crippen molar-refractivity contribution in [2.45, 2.75) is 27.3 Å². The molecule has 0 saturated heterocycles. The molecule has 0 bridgehead atoms. The molecule has 1 aromatic heterocycles. The third-order valence-corrected chi connectivity index (χ3v) is 4.41. The molecule has 0 saturated carbocycles. The van der Waals surface area contributed by atoms with Gasteiger partial charge >= 0.3 is 0 Å². The zero-order chi connectivity index (χ0) is 21.1. The van der Waals surface area contributed by atoms with E-state index in [0.29, 0.717) is 5.69 Å². The van der Waals surface area contributed by atoms with E-state index in [0.717, 1.165) is 28.9 Å². The van der Waals surface area contributed by atoms with E-state index >= 15 is 0 Å². The van der Waals surface area contributed by atoms with Gasteiger partial charge in [-0.2, -0.15) is 0 Å². The van der Waals surface area contributed by atoms with Gasteiger partial charge in [-0.05, 0) is 44.0 Å². The van der Waals surface area contributed by atoms with E-state index in [1.54, 1.807) is 6.92 Å². The van der Waals surface area contributed by atoms with Crippen molar-refractivity contribution >= 4 is 23.2 Å². The van der Waals surface area contributed by atoms with Gasteiger partial charge in [0, 0.05) is 17.4 Å². The first kappa shape index (κ1) is 20.1. The van der Waals surface area contributed by atoms with E-state index in [2.05, 4.69) is 20.9 Å². The van der Waals surface area contributed by atoms with E-state index in [9.17, 15) is 18.4 Å². The third kappa shape index (κ3) is 4.45. The number of anilines is 2. The van der Waals surface area contributed by atoms with Crippen LogP contribution in [0.2, 0.25) is 0 Å².